The number of nitrogens with one attached hydrogen (secondary N) is 1. The summed E-state index contributed by atoms with van der Waals surface area (Å²) in [6.07, 6.45) is 0. The number of ether oxygens (including phenoxy) is 1. The second-order valence-corrected chi connectivity index (χ2v) is 5.76. The van der Waals surface area contributed by atoms with Crippen LogP contribution in [0.25, 0.3) is 10.9 Å². The molecule has 0 radical (unpaired) electrons. The summed E-state index contributed by atoms with van der Waals surface area (Å²) in [5, 5.41) is 1.29. The first-order valence-electron chi connectivity index (χ1n) is 5.32. The molecule has 0 fully saturated rings. The van der Waals surface area contributed by atoms with Gasteiger partial charge in [0.1, 0.15) is 0 Å². The first kappa shape index (κ1) is 11.9. The monoisotopic (exact) mass is 329 g/mol. The number of methoxy groups -OCH3 is 1. The standard InChI is InChI=1S/C13H16INO/c1-13(2,8-16-3)12-11(14)9-6-4-5-7-10(9)15-12/h4-7,15H,8H2,1-3H3. The molecule has 1 N–H and O–H groups in total. The number of aromatic amines is 1. The molecule has 0 aliphatic carbocycles. The van der Waals surface area contributed by atoms with E-state index in [1.165, 1.54) is 20.2 Å². The van der Waals surface area contributed by atoms with E-state index in [4.69, 9.17) is 4.74 Å². The number of fused-ring (bicyclic) bond motifs is 1. The minimum Gasteiger partial charge on any atom is -0.384 e. The van der Waals surface area contributed by atoms with Crippen LogP contribution in [0.2, 0.25) is 0 Å². The van der Waals surface area contributed by atoms with Gasteiger partial charge in [-0.2, -0.15) is 0 Å². The highest BCUT2D eigenvalue weighted by Gasteiger charge is 2.26. The molecule has 1 heterocycles. The lowest BCUT2D eigenvalue weighted by molar-refractivity contribution is 0.144. The molecule has 0 aliphatic heterocycles. The molecule has 1 aromatic carbocycles. The van der Waals surface area contributed by atoms with E-state index in [1.807, 2.05) is 0 Å². The maximum absolute atomic E-state index is 5.29. The van der Waals surface area contributed by atoms with Crippen LogP contribution in [0.4, 0.5) is 0 Å². The minimum absolute atomic E-state index is 0.0181. The van der Waals surface area contributed by atoms with Gasteiger partial charge in [-0.25, -0.2) is 0 Å². The Hall–Kier alpha value is -0.550. The van der Waals surface area contributed by atoms with E-state index >= 15 is 0 Å². The first-order chi connectivity index (χ1) is 7.56. The highest BCUT2D eigenvalue weighted by Crippen LogP contribution is 2.32. The van der Waals surface area contributed by atoms with Crippen LogP contribution in [0.1, 0.15) is 19.5 Å². The average molecular weight is 329 g/mol. The topological polar surface area (TPSA) is 25.0 Å². The Morgan fingerprint density at radius 1 is 1.31 bits per heavy atom. The van der Waals surface area contributed by atoms with Gasteiger partial charge in [-0.15, -0.1) is 0 Å². The minimum atomic E-state index is 0.0181. The molecule has 0 unspecified atom stereocenters. The van der Waals surface area contributed by atoms with E-state index in [0.29, 0.717) is 0 Å². The van der Waals surface area contributed by atoms with Crippen LogP contribution >= 0.6 is 22.6 Å². The predicted molar refractivity (Wildman–Crippen MR) is 75.9 cm³/mol. The Morgan fingerprint density at radius 2 is 2.00 bits per heavy atom. The van der Waals surface area contributed by atoms with Crippen LogP contribution in [0.3, 0.4) is 0 Å². The van der Waals surface area contributed by atoms with Crippen molar-refractivity contribution in [1.29, 1.82) is 0 Å². The van der Waals surface area contributed by atoms with E-state index in [9.17, 15) is 0 Å². The number of para-hydroxylation sites is 1. The second-order valence-electron chi connectivity index (χ2n) is 4.68. The molecule has 0 saturated heterocycles. The molecule has 2 nitrogen and oxygen atoms in total. The van der Waals surface area contributed by atoms with Gasteiger partial charge < -0.3 is 9.72 Å². The van der Waals surface area contributed by atoms with Crippen molar-refractivity contribution < 1.29 is 4.74 Å². The molecule has 2 rings (SSSR count). The second kappa shape index (κ2) is 4.37. The van der Waals surface area contributed by atoms with Gasteiger partial charge in [-0.05, 0) is 28.7 Å². The summed E-state index contributed by atoms with van der Waals surface area (Å²) in [4.78, 5) is 3.50. The summed E-state index contributed by atoms with van der Waals surface area (Å²) >= 11 is 2.41. The quantitative estimate of drug-likeness (QED) is 0.854. The van der Waals surface area contributed by atoms with Crippen LogP contribution in [-0.2, 0) is 10.2 Å². The number of benzene rings is 1. The van der Waals surface area contributed by atoms with Crippen LogP contribution in [-0.4, -0.2) is 18.7 Å². The molecular weight excluding hydrogens is 313 g/mol. The van der Waals surface area contributed by atoms with Gasteiger partial charge in [0.25, 0.3) is 0 Å². The van der Waals surface area contributed by atoms with Gasteiger partial charge in [0.15, 0.2) is 0 Å². The molecule has 0 amide bonds. The largest absolute Gasteiger partial charge is 0.384 e. The van der Waals surface area contributed by atoms with Crippen LogP contribution in [0.5, 0.6) is 0 Å². The molecule has 86 valence electrons. The Bertz CT molecular complexity index is 502. The third-order valence-electron chi connectivity index (χ3n) is 2.82. The van der Waals surface area contributed by atoms with Gasteiger partial charge in [0.05, 0.1) is 6.61 Å². The number of hydrogen-bond donors (Lipinski definition) is 1. The van der Waals surface area contributed by atoms with Crippen molar-refractivity contribution in [2.24, 2.45) is 0 Å². The molecule has 0 bridgehead atoms. The summed E-state index contributed by atoms with van der Waals surface area (Å²) in [6.45, 7) is 5.11. The summed E-state index contributed by atoms with van der Waals surface area (Å²) in [7, 11) is 1.75. The maximum atomic E-state index is 5.29. The van der Waals surface area contributed by atoms with Crippen molar-refractivity contribution in [3.05, 3.63) is 33.5 Å². The van der Waals surface area contributed by atoms with Crippen molar-refractivity contribution in [3.63, 3.8) is 0 Å². The van der Waals surface area contributed by atoms with Crippen LogP contribution < -0.4 is 0 Å². The normalized spacial score (nSPS) is 12.2. The number of hydrogen-bond acceptors (Lipinski definition) is 1. The van der Waals surface area contributed by atoms with Crippen molar-refractivity contribution in [1.82, 2.24) is 4.98 Å². The fourth-order valence-corrected chi connectivity index (χ4v) is 3.34. The molecule has 0 atom stereocenters. The fourth-order valence-electron chi connectivity index (χ4n) is 2.01. The molecule has 0 spiro atoms. The lowest BCUT2D eigenvalue weighted by atomic mass is 9.90. The first-order valence-corrected chi connectivity index (χ1v) is 6.40. The molecule has 0 saturated carbocycles. The molecule has 16 heavy (non-hydrogen) atoms. The molecule has 0 aliphatic rings. The van der Waals surface area contributed by atoms with Gasteiger partial charge in [0.2, 0.25) is 0 Å². The predicted octanol–water partition coefficient (Wildman–Crippen LogP) is 3.70. The van der Waals surface area contributed by atoms with E-state index in [0.717, 1.165) is 6.61 Å². The average Bonchev–Trinajstić information content (AvgIpc) is 2.58. The zero-order chi connectivity index (χ0) is 11.8. The molecule has 2 aromatic rings. The zero-order valence-corrected chi connectivity index (χ0v) is 12.0. The maximum Gasteiger partial charge on any atom is 0.0568 e. The van der Waals surface area contributed by atoms with Crippen LogP contribution in [0, 0.1) is 3.57 Å². The Kier molecular flexibility index (Phi) is 3.26. The van der Waals surface area contributed by atoms with Crippen molar-refractivity contribution in [2.45, 2.75) is 19.3 Å². The third kappa shape index (κ3) is 1.98. The van der Waals surface area contributed by atoms with Crippen molar-refractivity contribution in [2.75, 3.05) is 13.7 Å². The van der Waals surface area contributed by atoms with E-state index in [1.54, 1.807) is 7.11 Å². The number of aromatic nitrogens is 1. The smallest absolute Gasteiger partial charge is 0.0568 e. The SMILES string of the molecule is COCC(C)(C)c1[nH]c2ccccc2c1I. The van der Waals surface area contributed by atoms with Gasteiger partial charge in [0, 0.05) is 32.7 Å². The van der Waals surface area contributed by atoms with E-state index < -0.39 is 0 Å². The van der Waals surface area contributed by atoms with Crippen LogP contribution in [0.15, 0.2) is 24.3 Å². The van der Waals surface area contributed by atoms with Crippen molar-refractivity contribution in [3.8, 4) is 0 Å². The highest BCUT2D eigenvalue weighted by atomic mass is 127. The van der Waals surface area contributed by atoms with E-state index in [-0.39, 0.29) is 5.41 Å². The summed E-state index contributed by atoms with van der Waals surface area (Å²) in [5.74, 6) is 0. The third-order valence-corrected chi connectivity index (χ3v) is 3.95. The molecular formula is C13H16INO. The summed E-state index contributed by atoms with van der Waals surface area (Å²) < 4.78 is 6.59. The number of rotatable bonds is 3. The Balaban J connectivity index is 2.57. The molecule has 3 heteroatoms. The Labute approximate surface area is 110 Å². The fraction of sp³-hybridized carbons (Fsp3) is 0.385. The van der Waals surface area contributed by atoms with Gasteiger partial charge in [-0.3, -0.25) is 0 Å². The summed E-state index contributed by atoms with van der Waals surface area (Å²) in [6, 6.07) is 8.40. The lowest BCUT2D eigenvalue weighted by Crippen LogP contribution is -2.25. The summed E-state index contributed by atoms with van der Waals surface area (Å²) in [5.41, 5.74) is 2.48. The number of halogens is 1. The number of H-pyrrole nitrogens is 1. The van der Waals surface area contributed by atoms with Gasteiger partial charge >= 0.3 is 0 Å². The zero-order valence-electron chi connectivity index (χ0n) is 9.80. The van der Waals surface area contributed by atoms with Gasteiger partial charge in [-0.1, -0.05) is 32.0 Å². The Morgan fingerprint density at radius 3 is 2.62 bits per heavy atom. The van der Waals surface area contributed by atoms with E-state index in [2.05, 4.69) is 65.7 Å². The van der Waals surface area contributed by atoms with Crippen molar-refractivity contribution >= 4 is 33.5 Å². The lowest BCUT2D eigenvalue weighted by Gasteiger charge is -2.23. The highest BCUT2D eigenvalue weighted by molar-refractivity contribution is 14.1. The molecule has 1 aromatic heterocycles.